The van der Waals surface area contributed by atoms with Crippen molar-refractivity contribution in [3.8, 4) is 0 Å². The minimum absolute atomic E-state index is 0.0174. The number of nitrogens with two attached hydrogens (primary N) is 1. The van der Waals surface area contributed by atoms with E-state index in [1.54, 1.807) is 30.5 Å². The van der Waals surface area contributed by atoms with Crippen LogP contribution in [-0.2, 0) is 23.0 Å². The third kappa shape index (κ3) is 3.86. The maximum atomic E-state index is 11.7. The number of para-hydroxylation sites is 1. The summed E-state index contributed by atoms with van der Waals surface area (Å²) in [5, 5.41) is 8.29. The first-order chi connectivity index (χ1) is 13.0. The molecule has 1 aliphatic rings. The molecular formula is C19H17N5O2S. The van der Waals surface area contributed by atoms with E-state index in [4.69, 9.17) is 5.14 Å². The molecule has 1 aromatic heterocycles. The molecule has 2 heterocycles. The van der Waals surface area contributed by atoms with E-state index < -0.39 is 10.0 Å². The summed E-state index contributed by atoms with van der Waals surface area (Å²) in [5.41, 5.74) is 3.82. The van der Waals surface area contributed by atoms with Crippen LogP contribution >= 0.6 is 0 Å². The van der Waals surface area contributed by atoms with Crippen LogP contribution in [0, 0.1) is 0 Å². The Morgan fingerprint density at radius 2 is 1.96 bits per heavy atom. The molecule has 0 atom stereocenters. The summed E-state index contributed by atoms with van der Waals surface area (Å²) < 4.78 is 23.5. The van der Waals surface area contributed by atoms with E-state index in [2.05, 4.69) is 26.3 Å². The third-order valence-electron chi connectivity index (χ3n) is 4.22. The molecule has 0 amide bonds. The van der Waals surface area contributed by atoms with Gasteiger partial charge in [0.15, 0.2) is 0 Å². The average molecular weight is 379 g/mol. The van der Waals surface area contributed by atoms with Crippen molar-refractivity contribution in [2.24, 2.45) is 10.1 Å². The van der Waals surface area contributed by atoms with E-state index in [1.807, 2.05) is 18.3 Å². The number of hydrogen-bond acceptors (Lipinski definition) is 6. The van der Waals surface area contributed by atoms with Crippen molar-refractivity contribution in [3.63, 3.8) is 0 Å². The van der Waals surface area contributed by atoms with Crippen molar-refractivity contribution in [2.75, 3.05) is 5.32 Å². The zero-order valence-electron chi connectivity index (χ0n) is 14.3. The molecule has 0 spiro atoms. The third-order valence-corrected chi connectivity index (χ3v) is 5.19. The van der Waals surface area contributed by atoms with Gasteiger partial charge < -0.3 is 5.32 Å². The van der Waals surface area contributed by atoms with Gasteiger partial charge in [-0.15, -0.1) is 0 Å². The van der Waals surface area contributed by atoms with Gasteiger partial charge in [-0.2, -0.15) is 0 Å². The van der Waals surface area contributed by atoms with Gasteiger partial charge in [-0.1, -0.05) is 30.3 Å². The number of primary sulfonamides is 1. The number of aromatic nitrogens is 2. The van der Waals surface area contributed by atoms with Crippen LogP contribution in [0.2, 0.25) is 0 Å². The zero-order chi connectivity index (χ0) is 18.9. The predicted molar refractivity (Wildman–Crippen MR) is 104 cm³/mol. The van der Waals surface area contributed by atoms with Crippen molar-refractivity contribution < 1.29 is 8.42 Å². The van der Waals surface area contributed by atoms with Gasteiger partial charge in [0.25, 0.3) is 0 Å². The van der Waals surface area contributed by atoms with Gasteiger partial charge in [0.1, 0.15) is 16.5 Å². The molecule has 0 radical (unpaired) electrons. The van der Waals surface area contributed by atoms with E-state index >= 15 is 0 Å². The fourth-order valence-electron chi connectivity index (χ4n) is 2.97. The van der Waals surface area contributed by atoms with Crippen LogP contribution in [0.15, 0.2) is 64.6 Å². The first-order valence-electron chi connectivity index (χ1n) is 8.31. The summed E-state index contributed by atoms with van der Waals surface area (Å²) in [6.07, 6.45) is 4.09. The Labute approximate surface area is 157 Å². The maximum absolute atomic E-state index is 11.7. The molecule has 0 saturated heterocycles. The largest absolute Gasteiger partial charge is 0.339 e. The Bertz CT molecular complexity index is 1140. The lowest BCUT2D eigenvalue weighted by Gasteiger charge is -2.11. The summed E-state index contributed by atoms with van der Waals surface area (Å²) >= 11 is 0. The quantitative estimate of drug-likeness (QED) is 0.707. The Kier molecular flexibility index (Phi) is 4.43. The molecule has 7 nitrogen and oxygen atoms in total. The summed E-state index contributed by atoms with van der Waals surface area (Å²) in [6, 6.07) is 14.3. The monoisotopic (exact) mass is 379 g/mol. The standard InChI is InChI=1S/C19H17N5O2S/c20-27(25,26)17-4-2-1-3-16(17)23-18-7-8-22-19(24-18)10-13-5-6-14-11-21-12-15(14)9-13/h1-9,11H,10,12H2,(H2,20,25,26)(H,22,23,24). The van der Waals surface area contributed by atoms with Gasteiger partial charge in [-0.3, -0.25) is 4.99 Å². The highest BCUT2D eigenvalue weighted by molar-refractivity contribution is 7.89. The minimum Gasteiger partial charge on any atom is -0.339 e. The van der Waals surface area contributed by atoms with Gasteiger partial charge in [0.2, 0.25) is 10.0 Å². The summed E-state index contributed by atoms with van der Waals surface area (Å²) in [7, 11) is -3.84. The van der Waals surface area contributed by atoms with Crippen LogP contribution in [0.1, 0.15) is 22.5 Å². The van der Waals surface area contributed by atoms with E-state index in [-0.39, 0.29) is 4.90 Å². The van der Waals surface area contributed by atoms with Crippen LogP contribution in [0.4, 0.5) is 11.5 Å². The second-order valence-electron chi connectivity index (χ2n) is 6.20. The van der Waals surface area contributed by atoms with Crippen LogP contribution in [0.3, 0.4) is 0 Å². The summed E-state index contributed by atoms with van der Waals surface area (Å²) in [5.74, 6) is 1.13. The Balaban J connectivity index is 1.57. The molecule has 0 aliphatic carbocycles. The normalized spacial score (nSPS) is 12.8. The molecule has 1 aliphatic heterocycles. The topological polar surface area (TPSA) is 110 Å². The van der Waals surface area contributed by atoms with E-state index in [9.17, 15) is 8.42 Å². The molecular weight excluding hydrogens is 362 g/mol. The van der Waals surface area contributed by atoms with Crippen LogP contribution in [0.5, 0.6) is 0 Å². The number of fused-ring (bicyclic) bond motifs is 1. The average Bonchev–Trinajstić information content (AvgIpc) is 3.09. The number of rotatable bonds is 5. The molecule has 27 heavy (non-hydrogen) atoms. The van der Waals surface area contributed by atoms with Crippen LogP contribution in [-0.4, -0.2) is 24.6 Å². The lowest BCUT2D eigenvalue weighted by Crippen LogP contribution is -2.14. The highest BCUT2D eigenvalue weighted by Crippen LogP contribution is 2.23. The second kappa shape index (κ2) is 6.90. The number of hydrogen-bond donors (Lipinski definition) is 2. The van der Waals surface area contributed by atoms with Crippen molar-refractivity contribution in [1.82, 2.24) is 9.97 Å². The molecule has 0 fully saturated rings. The van der Waals surface area contributed by atoms with Crippen molar-refractivity contribution in [3.05, 3.63) is 77.2 Å². The Morgan fingerprint density at radius 1 is 1.11 bits per heavy atom. The molecule has 0 unspecified atom stereocenters. The van der Waals surface area contributed by atoms with Gasteiger partial charge in [0.05, 0.1) is 12.2 Å². The van der Waals surface area contributed by atoms with E-state index in [1.165, 1.54) is 11.6 Å². The van der Waals surface area contributed by atoms with E-state index in [0.717, 1.165) is 11.1 Å². The number of nitrogens with one attached hydrogen (secondary N) is 1. The summed E-state index contributed by atoms with van der Waals surface area (Å²) in [6.45, 7) is 0.704. The van der Waals surface area contributed by atoms with Crippen LogP contribution < -0.4 is 10.5 Å². The van der Waals surface area contributed by atoms with Gasteiger partial charge >= 0.3 is 0 Å². The first kappa shape index (κ1) is 17.3. The Morgan fingerprint density at radius 3 is 2.81 bits per heavy atom. The number of aliphatic imine (C=N–C) groups is 1. The number of anilines is 2. The molecule has 2 aromatic carbocycles. The SMILES string of the molecule is NS(=O)(=O)c1ccccc1Nc1ccnc(Cc2ccc3c(c2)CN=C3)n1. The van der Waals surface area contributed by atoms with Crippen molar-refractivity contribution in [2.45, 2.75) is 17.9 Å². The highest BCUT2D eigenvalue weighted by atomic mass is 32.2. The smallest absolute Gasteiger partial charge is 0.240 e. The zero-order valence-corrected chi connectivity index (χ0v) is 15.1. The predicted octanol–water partition coefficient (Wildman–Crippen LogP) is 2.39. The van der Waals surface area contributed by atoms with E-state index in [0.29, 0.717) is 30.3 Å². The molecule has 3 N–H and O–H groups in total. The fourth-order valence-corrected chi connectivity index (χ4v) is 3.66. The molecule has 0 saturated carbocycles. The molecule has 8 heteroatoms. The molecule has 4 rings (SSSR count). The molecule has 0 bridgehead atoms. The van der Waals surface area contributed by atoms with Crippen molar-refractivity contribution >= 4 is 27.7 Å². The lowest BCUT2D eigenvalue weighted by atomic mass is 10.0. The number of nitrogens with zero attached hydrogens (tertiary/aromatic N) is 3. The first-order valence-corrected chi connectivity index (χ1v) is 9.86. The highest BCUT2D eigenvalue weighted by Gasteiger charge is 2.14. The Hall–Kier alpha value is -3.10. The minimum atomic E-state index is -3.84. The molecule has 136 valence electrons. The van der Waals surface area contributed by atoms with Gasteiger partial charge in [-0.05, 0) is 34.9 Å². The van der Waals surface area contributed by atoms with Crippen LogP contribution in [0.25, 0.3) is 0 Å². The van der Waals surface area contributed by atoms with Gasteiger partial charge in [0, 0.05) is 18.8 Å². The van der Waals surface area contributed by atoms with Crippen molar-refractivity contribution in [1.29, 1.82) is 0 Å². The maximum Gasteiger partial charge on any atom is 0.240 e. The molecule has 3 aromatic rings. The fraction of sp³-hybridized carbons (Fsp3) is 0.105. The number of benzene rings is 2. The second-order valence-corrected chi connectivity index (χ2v) is 7.73. The number of sulfonamides is 1. The lowest BCUT2D eigenvalue weighted by molar-refractivity contribution is 0.598. The summed E-state index contributed by atoms with van der Waals surface area (Å²) in [4.78, 5) is 13.1. The van der Waals surface area contributed by atoms with Gasteiger partial charge in [-0.25, -0.2) is 23.5 Å².